The van der Waals surface area contributed by atoms with Crippen LogP contribution in [0, 0.1) is 5.92 Å². The molecule has 0 heterocycles. The molecule has 0 spiro atoms. The van der Waals surface area contributed by atoms with E-state index >= 15 is 0 Å². The van der Waals surface area contributed by atoms with E-state index in [0.29, 0.717) is 18.9 Å². The maximum absolute atomic E-state index is 12.3. The van der Waals surface area contributed by atoms with Gasteiger partial charge >= 0.3 is 0 Å². The number of hydrogen-bond donors (Lipinski definition) is 2. The van der Waals surface area contributed by atoms with Crippen molar-refractivity contribution >= 4 is 16.7 Å². The molecule has 0 aliphatic heterocycles. The molecule has 1 aliphatic carbocycles. The van der Waals surface area contributed by atoms with Crippen molar-refractivity contribution in [3.8, 4) is 0 Å². The van der Waals surface area contributed by atoms with E-state index in [9.17, 15) is 4.79 Å². The van der Waals surface area contributed by atoms with E-state index in [1.807, 2.05) is 18.2 Å². The lowest BCUT2D eigenvalue weighted by Crippen LogP contribution is -2.45. The van der Waals surface area contributed by atoms with E-state index in [1.54, 1.807) is 0 Å². The van der Waals surface area contributed by atoms with Gasteiger partial charge in [-0.2, -0.15) is 0 Å². The van der Waals surface area contributed by atoms with Gasteiger partial charge in [-0.3, -0.25) is 4.79 Å². The molecule has 2 aromatic rings. The van der Waals surface area contributed by atoms with Crippen LogP contribution in [-0.4, -0.2) is 18.5 Å². The summed E-state index contributed by atoms with van der Waals surface area (Å²) in [5.41, 5.74) is 6.90. The molecule has 1 saturated carbocycles. The number of nitrogens with one attached hydrogen (secondary N) is 1. The largest absolute Gasteiger partial charge is 0.353 e. The van der Waals surface area contributed by atoms with E-state index in [2.05, 4.69) is 29.6 Å². The number of amides is 1. The predicted octanol–water partition coefficient (Wildman–Crippen LogP) is 3.02. The SMILES string of the molecule is NCC1CCCCC1NC(=O)Cc1ccc2ccccc2c1. The molecule has 0 bridgehead atoms. The molecule has 3 rings (SSSR count). The summed E-state index contributed by atoms with van der Waals surface area (Å²) in [4.78, 5) is 12.3. The highest BCUT2D eigenvalue weighted by atomic mass is 16.1. The first kappa shape index (κ1) is 15.0. The zero-order chi connectivity index (χ0) is 15.4. The Morgan fingerprint density at radius 3 is 2.68 bits per heavy atom. The Morgan fingerprint density at radius 1 is 1.09 bits per heavy atom. The molecule has 2 unspecified atom stereocenters. The van der Waals surface area contributed by atoms with E-state index < -0.39 is 0 Å². The minimum atomic E-state index is 0.112. The Labute approximate surface area is 131 Å². The van der Waals surface area contributed by atoms with Crippen LogP contribution in [0.25, 0.3) is 10.8 Å². The van der Waals surface area contributed by atoms with Crippen LogP contribution in [0.1, 0.15) is 31.2 Å². The van der Waals surface area contributed by atoms with Crippen molar-refractivity contribution in [1.82, 2.24) is 5.32 Å². The van der Waals surface area contributed by atoms with E-state index in [-0.39, 0.29) is 11.9 Å². The van der Waals surface area contributed by atoms with E-state index in [4.69, 9.17) is 5.73 Å². The topological polar surface area (TPSA) is 55.1 Å². The summed E-state index contributed by atoms with van der Waals surface area (Å²) in [5, 5.41) is 5.59. The third-order valence-corrected chi connectivity index (χ3v) is 4.74. The molecule has 0 aromatic heterocycles. The Hall–Kier alpha value is -1.87. The van der Waals surface area contributed by atoms with Crippen LogP contribution in [0.5, 0.6) is 0 Å². The van der Waals surface area contributed by atoms with Crippen LogP contribution in [0.2, 0.25) is 0 Å². The lowest BCUT2D eigenvalue weighted by molar-refractivity contribution is -0.121. The number of carbonyl (C=O) groups is 1. The summed E-state index contributed by atoms with van der Waals surface area (Å²) < 4.78 is 0. The van der Waals surface area contributed by atoms with Crippen molar-refractivity contribution in [1.29, 1.82) is 0 Å². The first-order valence-corrected chi connectivity index (χ1v) is 8.23. The minimum absolute atomic E-state index is 0.112. The summed E-state index contributed by atoms with van der Waals surface area (Å²) in [7, 11) is 0. The van der Waals surface area contributed by atoms with Gasteiger partial charge in [0.2, 0.25) is 5.91 Å². The van der Waals surface area contributed by atoms with Crippen LogP contribution in [0.15, 0.2) is 42.5 Å². The molecule has 1 amide bonds. The maximum atomic E-state index is 12.3. The van der Waals surface area contributed by atoms with Gasteiger partial charge in [0.15, 0.2) is 0 Å². The van der Waals surface area contributed by atoms with Gasteiger partial charge in [0.05, 0.1) is 6.42 Å². The first-order chi connectivity index (χ1) is 10.8. The van der Waals surface area contributed by atoms with Crippen LogP contribution < -0.4 is 11.1 Å². The molecule has 3 nitrogen and oxygen atoms in total. The smallest absolute Gasteiger partial charge is 0.224 e. The van der Waals surface area contributed by atoms with Gasteiger partial charge in [0, 0.05) is 6.04 Å². The predicted molar refractivity (Wildman–Crippen MR) is 90.6 cm³/mol. The second-order valence-electron chi connectivity index (χ2n) is 6.31. The van der Waals surface area contributed by atoms with Crippen LogP contribution in [0.3, 0.4) is 0 Å². The standard InChI is InChI=1S/C19H24N2O/c20-13-17-7-3-4-8-18(17)21-19(22)12-14-9-10-15-5-1-2-6-16(15)11-14/h1-2,5-6,9-11,17-18H,3-4,7-8,12-13,20H2,(H,21,22). The fraction of sp³-hybridized carbons (Fsp3) is 0.421. The molecule has 1 fully saturated rings. The molecule has 3 heteroatoms. The fourth-order valence-electron chi connectivity index (χ4n) is 3.47. The molecule has 1 aliphatic rings. The first-order valence-electron chi connectivity index (χ1n) is 8.23. The summed E-state index contributed by atoms with van der Waals surface area (Å²) >= 11 is 0. The fourth-order valence-corrected chi connectivity index (χ4v) is 3.47. The second kappa shape index (κ2) is 6.93. The van der Waals surface area contributed by atoms with Gasteiger partial charge in [-0.1, -0.05) is 55.3 Å². The highest BCUT2D eigenvalue weighted by molar-refractivity contribution is 5.85. The Kier molecular flexibility index (Phi) is 4.74. The second-order valence-corrected chi connectivity index (χ2v) is 6.31. The molecular weight excluding hydrogens is 272 g/mol. The summed E-state index contributed by atoms with van der Waals surface area (Å²) in [6.07, 6.45) is 5.07. The van der Waals surface area contributed by atoms with Crippen LogP contribution in [-0.2, 0) is 11.2 Å². The zero-order valence-electron chi connectivity index (χ0n) is 12.9. The van der Waals surface area contributed by atoms with Gasteiger partial charge < -0.3 is 11.1 Å². The van der Waals surface area contributed by atoms with E-state index in [0.717, 1.165) is 18.4 Å². The summed E-state index contributed by atoms with van der Waals surface area (Å²) in [6.45, 7) is 0.668. The number of rotatable bonds is 4. The zero-order valence-corrected chi connectivity index (χ0v) is 12.9. The highest BCUT2D eigenvalue weighted by Crippen LogP contribution is 2.23. The number of benzene rings is 2. The van der Waals surface area contributed by atoms with Gasteiger partial charge in [-0.15, -0.1) is 0 Å². The average Bonchev–Trinajstić information content (AvgIpc) is 2.55. The molecular formula is C19H24N2O. The molecule has 2 atom stereocenters. The molecule has 0 radical (unpaired) electrons. The van der Waals surface area contributed by atoms with Crippen molar-refractivity contribution < 1.29 is 4.79 Å². The molecule has 3 N–H and O–H groups in total. The van der Waals surface area contributed by atoms with Crippen molar-refractivity contribution in [3.05, 3.63) is 48.0 Å². The highest BCUT2D eigenvalue weighted by Gasteiger charge is 2.25. The quantitative estimate of drug-likeness (QED) is 0.911. The van der Waals surface area contributed by atoms with Crippen LogP contribution >= 0.6 is 0 Å². The lowest BCUT2D eigenvalue weighted by Gasteiger charge is -2.31. The van der Waals surface area contributed by atoms with Gasteiger partial charge in [-0.25, -0.2) is 0 Å². The lowest BCUT2D eigenvalue weighted by atomic mass is 9.84. The molecule has 116 valence electrons. The van der Waals surface area contributed by atoms with Crippen molar-refractivity contribution in [2.24, 2.45) is 11.7 Å². The van der Waals surface area contributed by atoms with Crippen LogP contribution in [0.4, 0.5) is 0 Å². The Bertz CT molecular complexity index is 653. The third kappa shape index (κ3) is 3.47. The normalized spacial score (nSPS) is 21.7. The summed E-state index contributed by atoms with van der Waals surface area (Å²) in [6, 6.07) is 14.7. The third-order valence-electron chi connectivity index (χ3n) is 4.74. The summed E-state index contributed by atoms with van der Waals surface area (Å²) in [5.74, 6) is 0.551. The maximum Gasteiger partial charge on any atom is 0.224 e. The van der Waals surface area contributed by atoms with Gasteiger partial charge in [-0.05, 0) is 41.6 Å². The van der Waals surface area contributed by atoms with Crippen molar-refractivity contribution in [2.45, 2.75) is 38.1 Å². The van der Waals surface area contributed by atoms with E-state index in [1.165, 1.54) is 23.6 Å². The van der Waals surface area contributed by atoms with Crippen molar-refractivity contribution in [3.63, 3.8) is 0 Å². The van der Waals surface area contributed by atoms with Crippen molar-refractivity contribution in [2.75, 3.05) is 6.54 Å². The molecule has 2 aromatic carbocycles. The van der Waals surface area contributed by atoms with Gasteiger partial charge in [0.25, 0.3) is 0 Å². The Balaban J connectivity index is 1.65. The molecule has 0 saturated heterocycles. The molecule has 22 heavy (non-hydrogen) atoms. The Morgan fingerprint density at radius 2 is 1.86 bits per heavy atom. The van der Waals surface area contributed by atoms with Gasteiger partial charge in [0.1, 0.15) is 0 Å². The number of nitrogens with two attached hydrogens (primary N) is 1. The number of hydrogen-bond acceptors (Lipinski definition) is 2. The number of carbonyl (C=O) groups excluding carboxylic acids is 1. The average molecular weight is 296 g/mol. The monoisotopic (exact) mass is 296 g/mol. The number of fused-ring (bicyclic) bond motifs is 1. The minimum Gasteiger partial charge on any atom is -0.353 e.